The Hall–Kier alpha value is -2.77. The van der Waals surface area contributed by atoms with Crippen molar-refractivity contribution in [3.05, 3.63) is 71.4 Å². The molecule has 144 valence electrons. The van der Waals surface area contributed by atoms with E-state index in [1.165, 1.54) is 16.9 Å². The molecule has 0 saturated carbocycles. The highest BCUT2D eigenvalue weighted by Crippen LogP contribution is 2.20. The minimum absolute atomic E-state index is 0.147. The van der Waals surface area contributed by atoms with Gasteiger partial charge in [-0.1, -0.05) is 36.4 Å². The van der Waals surface area contributed by atoms with Crippen LogP contribution in [0.2, 0.25) is 0 Å². The Kier molecular flexibility index (Phi) is 5.94. The molecule has 1 aromatic carbocycles. The Morgan fingerprint density at radius 2 is 1.82 bits per heavy atom. The van der Waals surface area contributed by atoms with Crippen molar-refractivity contribution in [2.75, 3.05) is 31.5 Å². The fourth-order valence-corrected chi connectivity index (χ4v) is 3.97. The van der Waals surface area contributed by atoms with Gasteiger partial charge in [0.05, 0.1) is 12.1 Å². The van der Waals surface area contributed by atoms with E-state index in [2.05, 4.69) is 44.5 Å². The molecule has 3 aromatic rings. The number of rotatable bonds is 6. The van der Waals surface area contributed by atoms with E-state index < -0.39 is 0 Å². The van der Waals surface area contributed by atoms with Gasteiger partial charge >= 0.3 is 0 Å². The quantitative estimate of drug-likeness (QED) is 0.697. The van der Waals surface area contributed by atoms with Gasteiger partial charge in [-0.15, -0.1) is 11.3 Å². The summed E-state index contributed by atoms with van der Waals surface area (Å²) in [6.07, 6.45) is 2.08. The SMILES string of the molecule is O=C(Cc1csc(Nc2ccccn2)n1)N1CCN(Cc2ccccc2)CC1. The van der Waals surface area contributed by atoms with Crippen LogP contribution in [-0.2, 0) is 17.8 Å². The first kappa shape index (κ1) is 18.6. The third kappa shape index (κ3) is 4.94. The molecule has 0 aliphatic carbocycles. The predicted octanol–water partition coefficient (Wildman–Crippen LogP) is 3.17. The standard InChI is InChI=1S/C21H23N5OS/c27-20(14-18-16-28-21(23-18)24-19-8-4-5-9-22-19)26-12-10-25(11-13-26)15-17-6-2-1-3-7-17/h1-9,16H,10-15H2,(H,22,23,24). The van der Waals surface area contributed by atoms with Crippen LogP contribution in [0.1, 0.15) is 11.3 Å². The smallest absolute Gasteiger partial charge is 0.228 e. The number of anilines is 2. The molecule has 0 spiro atoms. The largest absolute Gasteiger partial charge is 0.340 e. The summed E-state index contributed by atoms with van der Waals surface area (Å²) in [5.74, 6) is 0.901. The molecule has 28 heavy (non-hydrogen) atoms. The summed E-state index contributed by atoms with van der Waals surface area (Å²) >= 11 is 1.49. The highest BCUT2D eigenvalue weighted by atomic mass is 32.1. The van der Waals surface area contributed by atoms with Crippen LogP contribution < -0.4 is 5.32 Å². The van der Waals surface area contributed by atoms with Crippen LogP contribution in [0.4, 0.5) is 10.9 Å². The van der Waals surface area contributed by atoms with Gasteiger partial charge in [0.15, 0.2) is 5.13 Å². The van der Waals surface area contributed by atoms with Crippen molar-refractivity contribution in [3.63, 3.8) is 0 Å². The van der Waals surface area contributed by atoms with Crippen molar-refractivity contribution in [1.29, 1.82) is 0 Å². The Labute approximate surface area is 168 Å². The fourth-order valence-electron chi connectivity index (χ4n) is 3.26. The summed E-state index contributed by atoms with van der Waals surface area (Å²) in [5.41, 5.74) is 2.12. The molecule has 1 fully saturated rings. The number of hydrogen-bond acceptors (Lipinski definition) is 6. The van der Waals surface area contributed by atoms with Crippen molar-refractivity contribution in [2.45, 2.75) is 13.0 Å². The van der Waals surface area contributed by atoms with Gasteiger partial charge in [-0.25, -0.2) is 9.97 Å². The highest BCUT2D eigenvalue weighted by molar-refractivity contribution is 7.13. The number of hydrogen-bond donors (Lipinski definition) is 1. The van der Waals surface area contributed by atoms with Crippen LogP contribution in [0.3, 0.4) is 0 Å². The molecule has 1 aliphatic rings. The van der Waals surface area contributed by atoms with Crippen LogP contribution in [0.5, 0.6) is 0 Å². The summed E-state index contributed by atoms with van der Waals surface area (Å²) in [5, 5.41) is 5.87. The van der Waals surface area contributed by atoms with Gasteiger partial charge in [0, 0.05) is 44.3 Å². The molecule has 1 amide bonds. The van der Waals surface area contributed by atoms with Crippen LogP contribution in [0.25, 0.3) is 0 Å². The van der Waals surface area contributed by atoms with Crippen molar-refractivity contribution in [3.8, 4) is 0 Å². The van der Waals surface area contributed by atoms with Crippen molar-refractivity contribution >= 4 is 28.2 Å². The lowest BCUT2D eigenvalue weighted by Gasteiger charge is -2.34. The molecular weight excluding hydrogens is 370 g/mol. The van der Waals surface area contributed by atoms with Gasteiger partial charge < -0.3 is 10.2 Å². The molecular formula is C21H23N5OS. The number of carbonyl (C=O) groups excluding carboxylic acids is 1. The number of carbonyl (C=O) groups is 1. The van der Waals surface area contributed by atoms with Gasteiger partial charge in [0.1, 0.15) is 5.82 Å². The Balaban J connectivity index is 1.26. The molecule has 4 rings (SSSR count). The third-order valence-corrected chi connectivity index (χ3v) is 5.56. The molecule has 1 saturated heterocycles. The number of aromatic nitrogens is 2. The van der Waals surface area contributed by atoms with Gasteiger partial charge in [0.25, 0.3) is 0 Å². The Morgan fingerprint density at radius 3 is 2.57 bits per heavy atom. The Morgan fingerprint density at radius 1 is 1.04 bits per heavy atom. The van der Waals surface area contributed by atoms with Gasteiger partial charge in [-0.3, -0.25) is 9.69 Å². The van der Waals surface area contributed by atoms with Crippen LogP contribution in [0.15, 0.2) is 60.1 Å². The molecule has 3 heterocycles. The number of thiazole rings is 1. The second kappa shape index (κ2) is 8.95. The number of benzene rings is 1. The maximum Gasteiger partial charge on any atom is 0.228 e. The topological polar surface area (TPSA) is 61.4 Å². The second-order valence-corrected chi connectivity index (χ2v) is 7.66. The fraction of sp³-hybridized carbons (Fsp3) is 0.286. The first-order valence-electron chi connectivity index (χ1n) is 9.43. The summed E-state index contributed by atoms with van der Waals surface area (Å²) in [7, 11) is 0. The minimum atomic E-state index is 0.147. The van der Waals surface area contributed by atoms with E-state index in [0.29, 0.717) is 6.42 Å². The highest BCUT2D eigenvalue weighted by Gasteiger charge is 2.22. The second-order valence-electron chi connectivity index (χ2n) is 6.80. The molecule has 0 radical (unpaired) electrons. The summed E-state index contributed by atoms with van der Waals surface area (Å²) in [6, 6.07) is 16.2. The lowest BCUT2D eigenvalue weighted by Crippen LogP contribution is -2.48. The molecule has 6 nitrogen and oxygen atoms in total. The molecule has 7 heteroatoms. The van der Waals surface area contributed by atoms with E-state index in [0.717, 1.165) is 49.4 Å². The van der Waals surface area contributed by atoms with Gasteiger partial charge in [-0.05, 0) is 17.7 Å². The summed E-state index contributed by atoms with van der Waals surface area (Å²) < 4.78 is 0. The zero-order valence-corrected chi connectivity index (χ0v) is 16.4. The van der Waals surface area contributed by atoms with E-state index in [1.54, 1.807) is 6.20 Å². The lowest BCUT2D eigenvalue weighted by atomic mass is 10.2. The van der Waals surface area contributed by atoms with E-state index in [1.807, 2.05) is 34.5 Å². The Bertz CT molecular complexity index is 891. The zero-order valence-electron chi connectivity index (χ0n) is 15.6. The van der Waals surface area contributed by atoms with Crippen LogP contribution in [-0.4, -0.2) is 51.9 Å². The monoisotopic (exact) mass is 393 g/mol. The average Bonchev–Trinajstić information content (AvgIpc) is 3.17. The number of nitrogens with zero attached hydrogens (tertiary/aromatic N) is 4. The summed E-state index contributed by atoms with van der Waals surface area (Å²) in [4.78, 5) is 25.7. The number of amides is 1. The zero-order chi connectivity index (χ0) is 19.2. The van der Waals surface area contributed by atoms with Crippen molar-refractivity contribution in [2.24, 2.45) is 0 Å². The van der Waals surface area contributed by atoms with E-state index in [4.69, 9.17) is 0 Å². The van der Waals surface area contributed by atoms with Crippen LogP contribution >= 0.6 is 11.3 Å². The molecule has 0 unspecified atom stereocenters. The average molecular weight is 394 g/mol. The van der Waals surface area contributed by atoms with Gasteiger partial charge in [0.2, 0.25) is 5.91 Å². The molecule has 0 bridgehead atoms. The minimum Gasteiger partial charge on any atom is -0.340 e. The summed E-state index contributed by atoms with van der Waals surface area (Å²) in [6.45, 7) is 4.30. The maximum atomic E-state index is 12.6. The normalized spacial score (nSPS) is 14.8. The van der Waals surface area contributed by atoms with E-state index in [-0.39, 0.29) is 5.91 Å². The van der Waals surface area contributed by atoms with E-state index in [9.17, 15) is 4.79 Å². The van der Waals surface area contributed by atoms with Crippen molar-refractivity contribution < 1.29 is 4.79 Å². The first-order chi connectivity index (χ1) is 13.8. The van der Waals surface area contributed by atoms with Gasteiger partial charge in [-0.2, -0.15) is 0 Å². The molecule has 2 aromatic heterocycles. The van der Waals surface area contributed by atoms with Crippen molar-refractivity contribution in [1.82, 2.24) is 19.8 Å². The molecule has 1 aliphatic heterocycles. The van der Waals surface area contributed by atoms with Crippen LogP contribution in [0, 0.1) is 0 Å². The molecule has 0 atom stereocenters. The lowest BCUT2D eigenvalue weighted by molar-refractivity contribution is -0.132. The first-order valence-corrected chi connectivity index (χ1v) is 10.3. The number of pyridine rings is 1. The third-order valence-electron chi connectivity index (χ3n) is 4.76. The predicted molar refractivity (Wildman–Crippen MR) is 112 cm³/mol. The number of nitrogens with one attached hydrogen (secondary N) is 1. The van der Waals surface area contributed by atoms with E-state index >= 15 is 0 Å². The number of piperazine rings is 1. The molecule has 1 N–H and O–H groups in total. The maximum absolute atomic E-state index is 12.6.